The number of halogens is 5. The highest BCUT2D eigenvalue weighted by atomic mass is 35.5. The van der Waals surface area contributed by atoms with E-state index in [4.69, 9.17) is 28.9 Å². The molecule has 0 radical (unpaired) electrons. The van der Waals surface area contributed by atoms with Gasteiger partial charge in [-0.2, -0.15) is 0 Å². The Morgan fingerprint density at radius 2 is 1.74 bits per heavy atom. The van der Waals surface area contributed by atoms with E-state index in [1.165, 1.54) is 18.5 Å². The zero-order valence-corrected chi connectivity index (χ0v) is 22.7. The molecule has 1 heterocycles. The van der Waals surface area contributed by atoms with Gasteiger partial charge in [-0.25, -0.2) is 14.6 Å². The lowest BCUT2D eigenvalue weighted by molar-refractivity contribution is -0.469. The predicted molar refractivity (Wildman–Crippen MR) is 152 cm³/mol. The molecule has 0 amide bonds. The summed E-state index contributed by atoms with van der Waals surface area (Å²) in [5.74, 6) is 0.741. The lowest BCUT2D eigenvalue weighted by Gasteiger charge is -2.11. The highest BCUT2D eigenvalue weighted by Gasteiger charge is 2.33. The van der Waals surface area contributed by atoms with Gasteiger partial charge in [0.05, 0.1) is 21.9 Å². The van der Waals surface area contributed by atoms with Gasteiger partial charge in [0, 0.05) is 11.3 Å². The first-order valence-electron chi connectivity index (χ1n) is 11.4. The second-order valence-corrected chi connectivity index (χ2v) is 10.0. The number of nitrogens with one attached hydrogen (secondary N) is 1. The fourth-order valence-electron chi connectivity index (χ4n) is 3.54. The van der Waals surface area contributed by atoms with E-state index in [1.807, 2.05) is 16.7 Å². The van der Waals surface area contributed by atoms with Crippen molar-refractivity contribution < 1.29 is 22.5 Å². The van der Waals surface area contributed by atoms with Crippen LogP contribution in [-0.4, -0.2) is 46.3 Å². The molecular weight excluding hydrogens is 572 g/mol. The zero-order valence-electron chi connectivity index (χ0n) is 20.4. The molecule has 0 spiro atoms. The number of hydrazone groups is 1. The van der Waals surface area contributed by atoms with E-state index in [0.29, 0.717) is 21.3 Å². The summed E-state index contributed by atoms with van der Waals surface area (Å²) in [5.41, 5.74) is 11.7. The van der Waals surface area contributed by atoms with Gasteiger partial charge in [0.15, 0.2) is 5.69 Å². The van der Waals surface area contributed by atoms with E-state index in [0.717, 1.165) is 34.3 Å². The van der Waals surface area contributed by atoms with Gasteiger partial charge in [0.25, 0.3) is 0 Å². The lowest BCUT2D eigenvalue weighted by Crippen LogP contribution is -2.25. The molecule has 0 bridgehead atoms. The van der Waals surface area contributed by atoms with Crippen molar-refractivity contribution in [2.24, 2.45) is 20.8 Å². The average Bonchev–Trinajstić information content (AvgIpc) is 3.24. The van der Waals surface area contributed by atoms with Crippen LogP contribution in [0.4, 0.5) is 24.5 Å². The fraction of sp³-hybridized carbons (Fsp3) is 0.154. The zero-order chi connectivity index (χ0) is 28.0. The second-order valence-electron chi connectivity index (χ2n) is 8.20. The van der Waals surface area contributed by atoms with Crippen LogP contribution in [0.15, 0.2) is 81.8 Å². The molecule has 0 saturated carbocycles. The minimum atomic E-state index is -4.75. The summed E-state index contributed by atoms with van der Waals surface area (Å²) >= 11 is 14.5. The molecular formula is C26H22Cl2F3N6OS+. The topological polar surface area (TPSA) is 87.4 Å². The third-order valence-electron chi connectivity index (χ3n) is 5.35. The molecule has 0 fully saturated rings. The molecule has 1 unspecified atom stereocenters. The molecule has 4 rings (SSSR count). The van der Waals surface area contributed by atoms with Crippen molar-refractivity contribution >= 4 is 69.9 Å². The van der Waals surface area contributed by atoms with Crippen molar-refractivity contribution in [3.05, 3.63) is 87.9 Å². The van der Waals surface area contributed by atoms with Crippen LogP contribution in [-0.2, 0) is 0 Å². The van der Waals surface area contributed by atoms with Crippen molar-refractivity contribution in [2.45, 2.75) is 19.3 Å². The van der Waals surface area contributed by atoms with Gasteiger partial charge in [-0.15, -0.1) is 18.6 Å². The number of thioether (sulfide) groups is 1. The molecule has 0 saturated heterocycles. The van der Waals surface area contributed by atoms with E-state index >= 15 is 0 Å². The molecule has 0 aliphatic carbocycles. The number of rotatable bonds is 7. The summed E-state index contributed by atoms with van der Waals surface area (Å²) in [4.78, 5) is 8.15. The highest BCUT2D eigenvalue weighted by Crippen LogP contribution is 2.36. The van der Waals surface area contributed by atoms with Crippen LogP contribution in [0.5, 0.6) is 5.75 Å². The maximum absolute atomic E-state index is 12.2. The Morgan fingerprint density at radius 3 is 2.38 bits per heavy atom. The van der Waals surface area contributed by atoms with Crippen LogP contribution in [0.25, 0.3) is 0 Å². The van der Waals surface area contributed by atoms with Crippen LogP contribution in [0.2, 0.25) is 10.0 Å². The molecule has 1 aliphatic rings. The molecule has 1 atom stereocenters. The number of ether oxygens (including phenoxy) is 1. The van der Waals surface area contributed by atoms with E-state index in [2.05, 4.69) is 32.2 Å². The van der Waals surface area contributed by atoms with Crippen LogP contribution in [0.3, 0.4) is 0 Å². The van der Waals surface area contributed by atoms with Crippen LogP contribution < -0.4 is 15.9 Å². The van der Waals surface area contributed by atoms with Gasteiger partial charge in [0.1, 0.15) is 24.0 Å². The van der Waals surface area contributed by atoms with Gasteiger partial charge < -0.3 is 10.5 Å². The first-order chi connectivity index (χ1) is 18.6. The Hall–Kier alpha value is -3.54. The van der Waals surface area contributed by atoms with Gasteiger partial charge >= 0.3 is 11.5 Å². The number of nitrogens with zero attached hydrogens (tertiary/aromatic N) is 4. The number of nitrogens with two attached hydrogens (primary N) is 1. The van der Waals surface area contributed by atoms with Crippen molar-refractivity contribution in [1.29, 1.82) is 0 Å². The number of aliphatic imine (C=N–C) groups is 2. The van der Waals surface area contributed by atoms with Crippen molar-refractivity contribution in [3.8, 4) is 5.75 Å². The summed E-state index contributed by atoms with van der Waals surface area (Å²) in [5, 5.41) is 6.31. The van der Waals surface area contributed by atoms with Crippen molar-refractivity contribution in [2.75, 3.05) is 5.75 Å². The predicted octanol–water partition coefficient (Wildman–Crippen LogP) is 6.72. The molecule has 202 valence electrons. The molecule has 3 aromatic carbocycles. The van der Waals surface area contributed by atoms with Crippen LogP contribution in [0.1, 0.15) is 18.1 Å². The number of alkyl halides is 3. The molecule has 3 aromatic rings. The first-order valence-corrected chi connectivity index (χ1v) is 13.2. The normalized spacial score (nSPS) is 16.5. The van der Waals surface area contributed by atoms with Gasteiger partial charge in [-0.05, 0) is 60.6 Å². The van der Waals surface area contributed by atoms with E-state index in [1.54, 1.807) is 48.3 Å². The number of benzene rings is 3. The number of hydrogen-bond acceptors (Lipinski definition) is 5. The summed E-state index contributed by atoms with van der Waals surface area (Å²) in [6.07, 6.45) is -1.85. The molecule has 1 aliphatic heterocycles. The van der Waals surface area contributed by atoms with Crippen LogP contribution in [0, 0.1) is 0 Å². The smallest absolute Gasteiger partial charge is 0.406 e. The Bertz CT molecular complexity index is 1420. The first kappa shape index (κ1) is 28.5. The SMILES string of the molecule is CC1CSC(N/N=C/c2ccc(C(N)=NC=Nc3ccc(OC(F)(F)F)cc3)cc2)=[N+]1c1c(Cl)cccc1Cl. The third kappa shape index (κ3) is 7.75. The Morgan fingerprint density at radius 1 is 1.08 bits per heavy atom. The Kier molecular flexibility index (Phi) is 9.16. The summed E-state index contributed by atoms with van der Waals surface area (Å²) in [6, 6.07) is 17.9. The second kappa shape index (κ2) is 12.5. The molecule has 7 nitrogen and oxygen atoms in total. The monoisotopic (exact) mass is 593 g/mol. The van der Waals surface area contributed by atoms with Crippen molar-refractivity contribution in [3.63, 3.8) is 0 Å². The number of hydrogen-bond donors (Lipinski definition) is 2. The third-order valence-corrected chi connectivity index (χ3v) is 7.17. The number of amidine groups is 2. The molecule has 0 aromatic heterocycles. The summed E-state index contributed by atoms with van der Waals surface area (Å²) < 4.78 is 42.6. The van der Waals surface area contributed by atoms with Gasteiger partial charge in [-0.1, -0.05) is 58.6 Å². The maximum Gasteiger partial charge on any atom is 0.573 e. The quantitative estimate of drug-likeness (QED) is 0.138. The number of para-hydroxylation sites is 1. The average molecular weight is 594 g/mol. The van der Waals surface area contributed by atoms with Gasteiger partial charge in [-0.3, -0.25) is 0 Å². The maximum atomic E-state index is 12.2. The minimum absolute atomic E-state index is 0.179. The van der Waals surface area contributed by atoms with Gasteiger partial charge in [0.2, 0.25) is 0 Å². The van der Waals surface area contributed by atoms with E-state index < -0.39 is 6.36 Å². The summed E-state index contributed by atoms with van der Waals surface area (Å²) in [6.45, 7) is 2.09. The van der Waals surface area contributed by atoms with E-state index in [-0.39, 0.29) is 17.6 Å². The van der Waals surface area contributed by atoms with Crippen LogP contribution >= 0.6 is 35.0 Å². The largest absolute Gasteiger partial charge is 0.573 e. The van der Waals surface area contributed by atoms with E-state index in [9.17, 15) is 13.2 Å². The van der Waals surface area contributed by atoms with Crippen molar-refractivity contribution in [1.82, 2.24) is 5.43 Å². The Labute approximate surface area is 236 Å². The fourth-order valence-corrected chi connectivity index (χ4v) is 5.19. The minimum Gasteiger partial charge on any atom is -0.406 e. The molecule has 39 heavy (non-hydrogen) atoms. The molecule has 13 heteroatoms. The lowest BCUT2D eigenvalue weighted by atomic mass is 10.1. The standard InChI is InChI=1S/C26H21Cl2F3N6OS/c1-16-14-39-25(37(16)23-21(27)3-2-4-22(23)28)36-35-13-17-5-7-18(8-6-17)24(32)34-15-33-19-9-11-20(12-10-19)38-26(29,30)31/h2-13,15-16H,14H2,1H3,(H2,32,33,34)/p+1/b35-13+. The highest BCUT2D eigenvalue weighted by molar-refractivity contribution is 8.13. The Balaban J connectivity index is 1.38. The molecule has 3 N–H and O–H groups in total. The summed E-state index contributed by atoms with van der Waals surface area (Å²) in [7, 11) is 0.